The number of nitrogens with two attached hydrogens (primary N) is 3. The van der Waals surface area contributed by atoms with Gasteiger partial charge in [-0.3, -0.25) is 19.2 Å². The molecular formula is C45H64N14O7S2. The molecule has 0 aromatic carbocycles. The summed E-state index contributed by atoms with van der Waals surface area (Å²) in [5.41, 5.74) is 19.9. The van der Waals surface area contributed by atoms with Crippen molar-refractivity contribution in [1.29, 1.82) is 0 Å². The van der Waals surface area contributed by atoms with E-state index in [2.05, 4.69) is 44.1 Å². The second-order valence-corrected chi connectivity index (χ2v) is 20.4. The number of piperidine rings is 2. The second kappa shape index (κ2) is 23.4. The molecule has 0 aliphatic carbocycles. The summed E-state index contributed by atoms with van der Waals surface area (Å²) in [6, 6.07) is 4.19. The van der Waals surface area contributed by atoms with Gasteiger partial charge in [0.2, 0.25) is 5.91 Å². The van der Waals surface area contributed by atoms with E-state index >= 15 is 0 Å². The molecule has 21 nitrogen and oxygen atoms in total. The third kappa shape index (κ3) is 14.8. The van der Waals surface area contributed by atoms with Crippen LogP contribution in [-0.2, 0) is 27.2 Å². The van der Waals surface area contributed by atoms with E-state index in [1.54, 1.807) is 33.2 Å². The predicted molar refractivity (Wildman–Crippen MR) is 258 cm³/mol. The number of likely N-dealkylation sites (tertiary alicyclic amines) is 1. The summed E-state index contributed by atoms with van der Waals surface area (Å²) in [4.78, 5) is 83.8. The Morgan fingerprint density at radius 2 is 1.35 bits per heavy atom. The van der Waals surface area contributed by atoms with Gasteiger partial charge in [-0.2, -0.15) is 8.75 Å². The smallest absolute Gasteiger partial charge is 0.410 e. The van der Waals surface area contributed by atoms with E-state index < -0.39 is 35.4 Å². The lowest BCUT2D eigenvalue weighted by atomic mass is 10.0. The number of rotatable bonds is 11. The summed E-state index contributed by atoms with van der Waals surface area (Å²) in [7, 11) is 0. The van der Waals surface area contributed by atoms with Gasteiger partial charge in [0.1, 0.15) is 28.6 Å². The van der Waals surface area contributed by atoms with Crippen molar-refractivity contribution in [2.45, 2.75) is 104 Å². The second-order valence-electron chi connectivity index (χ2n) is 18.6. The Morgan fingerprint density at radius 1 is 0.794 bits per heavy atom. The molecule has 4 unspecified atom stereocenters. The number of ether oxygens (including phenoxy) is 1. The number of carbonyl (C=O) groups excluding carboxylic acids is 4. The molecule has 4 aromatic heterocycles. The van der Waals surface area contributed by atoms with Crippen LogP contribution >= 0.6 is 23.1 Å². The zero-order chi connectivity index (χ0) is 49.1. The van der Waals surface area contributed by atoms with Gasteiger partial charge in [-0.15, -0.1) is 0 Å². The van der Waals surface area contributed by atoms with Crippen molar-refractivity contribution in [2.24, 2.45) is 29.0 Å². The highest BCUT2D eigenvalue weighted by atomic mass is 32.1. The van der Waals surface area contributed by atoms with Crippen molar-refractivity contribution in [3.8, 4) is 0 Å². The van der Waals surface area contributed by atoms with Crippen LogP contribution in [0.1, 0.15) is 113 Å². The van der Waals surface area contributed by atoms with Crippen LogP contribution in [0.4, 0.5) is 16.4 Å². The molecule has 4 aliphatic heterocycles. The van der Waals surface area contributed by atoms with Crippen LogP contribution in [0.3, 0.4) is 0 Å². The van der Waals surface area contributed by atoms with Gasteiger partial charge < -0.3 is 52.4 Å². The Bertz CT molecular complexity index is 2400. The molecule has 368 valence electrons. The van der Waals surface area contributed by atoms with Gasteiger partial charge in [0, 0.05) is 80.5 Å². The number of nitrogens with zero attached hydrogens (tertiary/aromatic N) is 9. The number of carboxylic acids is 1. The molecule has 9 N–H and O–H groups in total. The Hall–Kier alpha value is -5.91. The van der Waals surface area contributed by atoms with Gasteiger partial charge in [-0.05, 0) is 115 Å². The third-order valence-electron chi connectivity index (χ3n) is 11.7. The van der Waals surface area contributed by atoms with E-state index in [9.17, 15) is 24.0 Å². The highest BCUT2D eigenvalue weighted by molar-refractivity contribution is 7.06. The summed E-state index contributed by atoms with van der Waals surface area (Å²) in [5, 5.41) is 15.2. The molecule has 4 fully saturated rings. The van der Waals surface area contributed by atoms with E-state index in [1.165, 1.54) is 28.0 Å². The molecule has 0 spiro atoms. The Balaban J connectivity index is 0.000000178. The molecule has 8 rings (SSSR count). The number of hydrogen-bond donors (Lipinski definition) is 6. The molecule has 8 heterocycles. The Kier molecular flexibility index (Phi) is 17.7. The number of anilines is 2. The molecule has 0 radical (unpaired) electrons. The summed E-state index contributed by atoms with van der Waals surface area (Å²) in [6.45, 7) is 14.8. The number of nitrogens with one attached hydrogen (secondary N) is 2. The maximum atomic E-state index is 12.5. The molecule has 4 aromatic rings. The maximum absolute atomic E-state index is 12.5. The number of carbonyl (C=O) groups is 5. The van der Waals surface area contributed by atoms with Gasteiger partial charge in [0.15, 0.2) is 0 Å². The molecule has 68 heavy (non-hydrogen) atoms. The van der Waals surface area contributed by atoms with Crippen LogP contribution in [0.25, 0.3) is 0 Å². The SMILES string of the molecule is CC(C)(C)OC(=O)N1CCC(C(=O)O)C1.Cc1cc(Cc2nc(N3CCCC(N)C3)cnc2C(N)=O)sn1.Cc1cc(Cc2nc(N3CCCC(NC(=O)C4CCNC4)C3)cnc2C(N)=O)sn1. The van der Waals surface area contributed by atoms with Crippen LogP contribution < -0.4 is 37.6 Å². The fourth-order valence-corrected chi connectivity index (χ4v) is 9.78. The number of hydrogen-bond acceptors (Lipinski definition) is 18. The lowest BCUT2D eigenvalue weighted by Gasteiger charge is -2.34. The lowest BCUT2D eigenvalue weighted by molar-refractivity contribution is -0.141. The van der Waals surface area contributed by atoms with Gasteiger partial charge >= 0.3 is 12.1 Å². The maximum Gasteiger partial charge on any atom is 0.410 e. The van der Waals surface area contributed by atoms with Crippen molar-refractivity contribution in [1.82, 2.24) is 44.2 Å². The van der Waals surface area contributed by atoms with Crippen molar-refractivity contribution in [3.05, 3.63) is 68.4 Å². The van der Waals surface area contributed by atoms with Gasteiger partial charge in [0.25, 0.3) is 11.8 Å². The third-order valence-corrected chi connectivity index (χ3v) is 13.4. The van der Waals surface area contributed by atoms with E-state index in [-0.39, 0.29) is 41.8 Å². The minimum atomic E-state index is -0.846. The molecule has 4 amide bonds. The zero-order valence-electron chi connectivity index (χ0n) is 39.4. The molecule has 0 saturated carbocycles. The number of aliphatic carboxylic acids is 1. The molecule has 4 aliphatic rings. The normalized spacial score (nSPS) is 20.4. The fraction of sp³-hybridized carbons (Fsp3) is 0.578. The molecule has 0 bridgehead atoms. The van der Waals surface area contributed by atoms with Crippen LogP contribution in [0.2, 0.25) is 0 Å². The largest absolute Gasteiger partial charge is 0.481 e. The summed E-state index contributed by atoms with van der Waals surface area (Å²) in [6.07, 6.45) is 9.12. The first kappa shape index (κ1) is 51.5. The monoisotopic (exact) mass is 976 g/mol. The topological polar surface area (TPSA) is 304 Å². The van der Waals surface area contributed by atoms with Gasteiger partial charge in [0.05, 0.1) is 47.0 Å². The van der Waals surface area contributed by atoms with E-state index in [1.807, 2.05) is 26.0 Å². The lowest BCUT2D eigenvalue weighted by Crippen LogP contribution is -2.49. The average molecular weight is 977 g/mol. The van der Waals surface area contributed by atoms with E-state index in [0.717, 1.165) is 91.8 Å². The van der Waals surface area contributed by atoms with Crippen LogP contribution in [0, 0.1) is 25.7 Å². The first-order valence-corrected chi connectivity index (χ1v) is 24.5. The first-order valence-electron chi connectivity index (χ1n) is 22.9. The summed E-state index contributed by atoms with van der Waals surface area (Å²) < 4.78 is 13.7. The molecule has 4 atom stereocenters. The van der Waals surface area contributed by atoms with Crippen molar-refractivity contribution >= 4 is 64.5 Å². The quantitative estimate of drug-likeness (QED) is 0.126. The molecule has 23 heteroatoms. The number of aromatic nitrogens is 6. The highest BCUT2D eigenvalue weighted by Gasteiger charge is 2.33. The minimum absolute atomic E-state index is 0.0597. The van der Waals surface area contributed by atoms with Gasteiger partial charge in [-0.25, -0.2) is 24.7 Å². The number of amides is 4. The van der Waals surface area contributed by atoms with Crippen molar-refractivity contribution in [3.63, 3.8) is 0 Å². The molecular weight excluding hydrogens is 913 g/mol. The van der Waals surface area contributed by atoms with Crippen molar-refractivity contribution in [2.75, 3.05) is 62.2 Å². The highest BCUT2D eigenvalue weighted by Crippen LogP contribution is 2.24. The number of aryl methyl sites for hydroxylation is 2. The Morgan fingerprint density at radius 3 is 1.81 bits per heavy atom. The Labute approximate surface area is 404 Å². The van der Waals surface area contributed by atoms with Crippen LogP contribution in [0.5, 0.6) is 0 Å². The zero-order valence-corrected chi connectivity index (χ0v) is 41.0. The minimum Gasteiger partial charge on any atom is -0.481 e. The summed E-state index contributed by atoms with van der Waals surface area (Å²) in [5.74, 6) is -0.791. The van der Waals surface area contributed by atoms with E-state index in [0.29, 0.717) is 49.6 Å². The van der Waals surface area contributed by atoms with E-state index in [4.69, 9.17) is 32.0 Å². The number of primary amides is 2. The van der Waals surface area contributed by atoms with Gasteiger partial charge in [-0.1, -0.05) is 0 Å². The van der Waals surface area contributed by atoms with Crippen molar-refractivity contribution < 1.29 is 33.8 Å². The predicted octanol–water partition coefficient (Wildman–Crippen LogP) is 2.81. The molecule has 4 saturated heterocycles. The van der Waals surface area contributed by atoms with Crippen LogP contribution in [-0.4, -0.2) is 139 Å². The first-order chi connectivity index (χ1) is 32.3. The summed E-state index contributed by atoms with van der Waals surface area (Å²) >= 11 is 2.79. The standard InChI is InChI=1S/C20H27N7O2S.C15H20N6OS.C10H17NO4/c1-12-7-15(30-26-12)8-16-18(19(21)28)23-10-17(25-16)27-6-2-3-14(11-27)24-20(29)13-4-5-22-9-13;1-9-5-11(23-20-9)6-12-14(15(17)22)18-7-13(19-12)21-4-2-3-10(16)8-21;1-10(2,3)15-9(14)11-5-4-7(6-11)8(12)13/h7,10,13-14,22H,2-6,8-9,11H2,1H3,(H2,21,28)(H,24,29);5,7,10H,2-4,6,8,16H2,1H3,(H2,17,22);7H,4-6H2,1-3H3,(H,12,13). The fourth-order valence-electron chi connectivity index (χ4n) is 8.30. The number of carboxylic acid groups (broad SMARTS) is 1. The average Bonchev–Trinajstić information content (AvgIpc) is 4.13. The van der Waals surface area contributed by atoms with Crippen LogP contribution in [0.15, 0.2) is 24.5 Å².